The molecule has 5 amide bonds. The van der Waals surface area contributed by atoms with Crippen molar-refractivity contribution in [1.29, 1.82) is 0 Å². The van der Waals surface area contributed by atoms with E-state index in [-0.39, 0.29) is 18.4 Å². The maximum Gasteiger partial charge on any atom is 0.315 e. The molecule has 12 heteroatoms. The smallest absolute Gasteiger partial charge is 0.315 e. The molecular weight excluding hydrogens is 504 g/mol. The van der Waals surface area contributed by atoms with Gasteiger partial charge in [-0.25, -0.2) is 4.79 Å². The third-order valence-corrected chi connectivity index (χ3v) is 6.66. The fourth-order valence-electron chi connectivity index (χ4n) is 4.54. The maximum absolute atomic E-state index is 13.8. The lowest BCUT2D eigenvalue weighted by Crippen LogP contribution is -2.60. The molecule has 0 radical (unpaired) electrons. The summed E-state index contributed by atoms with van der Waals surface area (Å²) in [4.78, 5) is 69.0. The van der Waals surface area contributed by atoms with Crippen molar-refractivity contribution < 1.29 is 28.8 Å². The van der Waals surface area contributed by atoms with Crippen LogP contribution in [0.4, 0.5) is 4.79 Å². The number of amides is 5. The molecule has 0 spiro atoms. The number of carbonyl (C=O) groups is 5. The summed E-state index contributed by atoms with van der Waals surface area (Å²) >= 11 is 0. The van der Waals surface area contributed by atoms with Crippen molar-refractivity contribution in [2.45, 2.75) is 53.1 Å². The van der Waals surface area contributed by atoms with Gasteiger partial charge in [0.1, 0.15) is 24.9 Å². The third kappa shape index (κ3) is 8.52. The molecule has 3 atom stereocenters. The molecule has 1 saturated heterocycles. The Hall–Kier alpha value is -3.96. The highest BCUT2D eigenvalue weighted by atomic mass is 16.6. The van der Waals surface area contributed by atoms with Gasteiger partial charge in [-0.15, -0.1) is 0 Å². The van der Waals surface area contributed by atoms with Crippen LogP contribution in [0.2, 0.25) is 0 Å². The number of primary amides is 1. The number of Topliss-reactive ketones (excluding diaryl/α,β-unsaturated/α-hetero) is 1. The summed E-state index contributed by atoms with van der Waals surface area (Å²) in [6, 6.07) is 6.78. The number of hydrogen-bond acceptors (Lipinski definition) is 7. The SMILES string of the molecule is CO/N=C(/CNC(=O)N[C@H](C(=O)N1CC[C@H](C(C)C)[C@H]1C(=O)NCC(=O)C(N)=O)C(C)(C)C)c1ccccc1. The summed E-state index contributed by atoms with van der Waals surface area (Å²) in [6.07, 6.45) is 0.572. The van der Waals surface area contributed by atoms with Gasteiger partial charge in [0.25, 0.3) is 5.91 Å². The molecule has 1 aromatic rings. The molecule has 5 N–H and O–H groups in total. The van der Waals surface area contributed by atoms with E-state index in [0.29, 0.717) is 18.7 Å². The minimum Gasteiger partial charge on any atom is -0.399 e. The van der Waals surface area contributed by atoms with Gasteiger partial charge in [-0.05, 0) is 23.7 Å². The van der Waals surface area contributed by atoms with Crippen LogP contribution in [0.3, 0.4) is 0 Å². The number of oxime groups is 1. The van der Waals surface area contributed by atoms with Gasteiger partial charge in [0.15, 0.2) is 0 Å². The molecule has 1 heterocycles. The Morgan fingerprint density at radius 1 is 1.08 bits per heavy atom. The van der Waals surface area contributed by atoms with Crippen molar-refractivity contribution in [3.05, 3.63) is 35.9 Å². The number of benzene rings is 1. The first-order valence-corrected chi connectivity index (χ1v) is 12.9. The van der Waals surface area contributed by atoms with Crippen LogP contribution >= 0.6 is 0 Å². The number of ketones is 1. The zero-order chi connectivity index (χ0) is 29.3. The quantitative estimate of drug-likeness (QED) is 0.182. The second kappa shape index (κ2) is 13.7. The molecule has 1 aliphatic heterocycles. The number of likely N-dealkylation sites (tertiary alicyclic amines) is 1. The normalized spacial score (nSPS) is 18.3. The number of nitrogens with one attached hydrogen (secondary N) is 3. The molecule has 2 rings (SSSR count). The Morgan fingerprint density at radius 3 is 2.26 bits per heavy atom. The van der Waals surface area contributed by atoms with Crippen molar-refractivity contribution in [3.63, 3.8) is 0 Å². The lowest BCUT2D eigenvalue weighted by atomic mass is 9.84. The number of rotatable bonds is 11. The van der Waals surface area contributed by atoms with Crippen molar-refractivity contribution in [2.75, 3.05) is 26.7 Å². The molecule has 1 fully saturated rings. The number of hydrogen-bond donors (Lipinski definition) is 4. The number of urea groups is 1. The van der Waals surface area contributed by atoms with Crippen LogP contribution in [0.15, 0.2) is 35.5 Å². The van der Waals surface area contributed by atoms with Gasteiger partial charge in [-0.3, -0.25) is 19.2 Å². The summed E-state index contributed by atoms with van der Waals surface area (Å²) in [7, 11) is 1.41. The highest BCUT2D eigenvalue weighted by Gasteiger charge is 2.47. The molecule has 1 aliphatic rings. The molecule has 0 bridgehead atoms. The topological polar surface area (TPSA) is 172 Å². The Bertz CT molecular complexity index is 1080. The van der Waals surface area contributed by atoms with E-state index >= 15 is 0 Å². The summed E-state index contributed by atoms with van der Waals surface area (Å²) in [6.45, 7) is 9.15. The van der Waals surface area contributed by atoms with Gasteiger partial charge in [0, 0.05) is 12.1 Å². The number of nitrogens with two attached hydrogens (primary N) is 1. The Labute approximate surface area is 229 Å². The first-order chi connectivity index (χ1) is 18.3. The summed E-state index contributed by atoms with van der Waals surface area (Å²) < 4.78 is 0. The van der Waals surface area contributed by atoms with Crippen molar-refractivity contribution >= 4 is 35.2 Å². The molecule has 12 nitrogen and oxygen atoms in total. The van der Waals surface area contributed by atoms with Crippen LogP contribution in [0.5, 0.6) is 0 Å². The van der Waals surface area contributed by atoms with E-state index in [1.165, 1.54) is 12.0 Å². The second-order valence-corrected chi connectivity index (χ2v) is 10.9. The summed E-state index contributed by atoms with van der Waals surface area (Å²) in [5.41, 5.74) is 5.55. The van der Waals surface area contributed by atoms with Crippen molar-refractivity contribution in [2.24, 2.45) is 28.1 Å². The molecular formula is C27H40N6O6. The van der Waals surface area contributed by atoms with Crippen LogP contribution in [0.25, 0.3) is 0 Å². The van der Waals surface area contributed by atoms with E-state index < -0.39 is 53.6 Å². The Morgan fingerprint density at radius 2 is 1.72 bits per heavy atom. The predicted molar refractivity (Wildman–Crippen MR) is 145 cm³/mol. The third-order valence-electron chi connectivity index (χ3n) is 6.66. The fraction of sp³-hybridized carbons (Fsp3) is 0.556. The number of nitrogens with zero attached hydrogens (tertiary/aromatic N) is 2. The minimum atomic E-state index is -1.15. The lowest BCUT2D eigenvalue weighted by Gasteiger charge is -2.36. The Balaban J connectivity index is 2.20. The van der Waals surface area contributed by atoms with E-state index in [1.54, 1.807) is 0 Å². The maximum atomic E-state index is 13.8. The van der Waals surface area contributed by atoms with Gasteiger partial charge in [0.2, 0.25) is 17.6 Å². The standard InChI is InChI=1S/C27H40N6O6/c1-16(2)18-12-13-33(21(18)24(36)29-15-20(34)23(28)35)25(37)22(27(3,4)5)31-26(38)30-14-19(32-39-6)17-10-8-7-9-11-17/h7-11,16,18,21-22H,12-15H2,1-6H3,(H2,28,35)(H,29,36)(H2,30,31,38)/b32-19-/t18-,21+,22-/m1/s1. The molecule has 1 aromatic carbocycles. The van der Waals surface area contributed by atoms with Gasteiger partial charge < -0.3 is 31.4 Å². The minimum absolute atomic E-state index is 0.0484. The second-order valence-electron chi connectivity index (χ2n) is 10.9. The molecule has 39 heavy (non-hydrogen) atoms. The van der Waals surface area contributed by atoms with E-state index in [0.717, 1.165) is 5.56 Å². The zero-order valence-corrected chi connectivity index (χ0v) is 23.4. The van der Waals surface area contributed by atoms with E-state index in [4.69, 9.17) is 10.6 Å². The highest BCUT2D eigenvalue weighted by Crippen LogP contribution is 2.33. The van der Waals surface area contributed by atoms with Crippen LogP contribution in [0.1, 0.15) is 46.6 Å². The van der Waals surface area contributed by atoms with E-state index in [1.807, 2.05) is 65.0 Å². The van der Waals surface area contributed by atoms with Crippen LogP contribution < -0.4 is 21.7 Å². The average molecular weight is 545 g/mol. The Kier molecular flexibility index (Phi) is 11.0. The van der Waals surface area contributed by atoms with Gasteiger partial charge in [0.05, 0.1) is 13.1 Å². The van der Waals surface area contributed by atoms with Crippen LogP contribution in [0, 0.1) is 17.3 Å². The highest BCUT2D eigenvalue weighted by molar-refractivity contribution is 6.36. The first kappa shape index (κ1) is 31.3. The molecule has 0 aliphatic carbocycles. The number of carbonyl (C=O) groups excluding carboxylic acids is 5. The average Bonchev–Trinajstić information content (AvgIpc) is 3.33. The fourth-order valence-corrected chi connectivity index (χ4v) is 4.54. The predicted octanol–water partition coefficient (Wildman–Crippen LogP) is 0.795. The largest absolute Gasteiger partial charge is 0.399 e. The van der Waals surface area contributed by atoms with Crippen molar-refractivity contribution in [1.82, 2.24) is 20.9 Å². The zero-order valence-electron chi connectivity index (χ0n) is 23.4. The van der Waals surface area contributed by atoms with E-state index in [9.17, 15) is 24.0 Å². The molecule has 0 saturated carbocycles. The lowest BCUT2D eigenvalue weighted by molar-refractivity contribution is -0.143. The van der Waals surface area contributed by atoms with Gasteiger partial charge in [-0.1, -0.05) is 70.1 Å². The summed E-state index contributed by atoms with van der Waals surface area (Å²) in [5, 5.41) is 11.9. The van der Waals surface area contributed by atoms with Gasteiger partial charge >= 0.3 is 6.03 Å². The molecule has 214 valence electrons. The van der Waals surface area contributed by atoms with Crippen molar-refractivity contribution in [3.8, 4) is 0 Å². The monoisotopic (exact) mass is 544 g/mol. The molecule has 0 unspecified atom stereocenters. The van der Waals surface area contributed by atoms with Gasteiger partial charge in [-0.2, -0.15) is 0 Å². The molecule has 0 aromatic heterocycles. The van der Waals surface area contributed by atoms with Crippen LogP contribution in [-0.4, -0.2) is 79.0 Å². The van der Waals surface area contributed by atoms with Crippen LogP contribution in [-0.2, 0) is 24.0 Å². The van der Waals surface area contributed by atoms with E-state index in [2.05, 4.69) is 21.1 Å². The summed E-state index contributed by atoms with van der Waals surface area (Å²) in [5.74, 6) is -3.16. The first-order valence-electron chi connectivity index (χ1n) is 12.9.